The minimum absolute atomic E-state index is 0.656. The zero-order chi connectivity index (χ0) is 12.3. The summed E-state index contributed by atoms with van der Waals surface area (Å²) in [4.78, 5) is 0. The molecule has 0 spiro atoms. The Balaban J connectivity index is 2.76. The highest BCUT2D eigenvalue weighted by atomic mass is 16.5. The van der Waals surface area contributed by atoms with Crippen LogP contribution >= 0.6 is 0 Å². The third-order valence-corrected chi connectivity index (χ3v) is 2.64. The van der Waals surface area contributed by atoms with E-state index in [-0.39, 0.29) is 0 Å². The Hall–Kier alpha value is -2.23. The van der Waals surface area contributed by atoms with Crippen molar-refractivity contribution >= 4 is 17.0 Å². The maximum Gasteiger partial charge on any atom is 0.128 e. The molecule has 2 aromatic rings. The second-order valence-corrected chi connectivity index (χ2v) is 3.51. The van der Waals surface area contributed by atoms with E-state index in [1.807, 2.05) is 30.3 Å². The van der Waals surface area contributed by atoms with Crippen LogP contribution < -0.4 is 9.47 Å². The topological polar surface area (TPSA) is 51.0 Å². The first kappa shape index (κ1) is 11.3. The molecule has 4 heteroatoms. The van der Waals surface area contributed by atoms with Gasteiger partial charge in [0.05, 0.1) is 20.4 Å². The molecule has 0 bridgehead atoms. The van der Waals surface area contributed by atoms with Crippen LogP contribution in [0.4, 0.5) is 0 Å². The van der Waals surface area contributed by atoms with Gasteiger partial charge in [-0.3, -0.25) is 0 Å². The summed E-state index contributed by atoms with van der Waals surface area (Å²) in [6.45, 7) is 0. The van der Waals surface area contributed by atoms with Crippen LogP contribution in [0.2, 0.25) is 0 Å². The molecule has 0 atom stereocenters. The molecule has 2 aromatic carbocycles. The van der Waals surface area contributed by atoms with Gasteiger partial charge < -0.3 is 14.7 Å². The number of methoxy groups -OCH3 is 2. The van der Waals surface area contributed by atoms with Gasteiger partial charge in [0.15, 0.2) is 0 Å². The minimum Gasteiger partial charge on any atom is -0.497 e. The van der Waals surface area contributed by atoms with Gasteiger partial charge in [0.1, 0.15) is 11.5 Å². The molecule has 0 saturated heterocycles. The maximum absolute atomic E-state index is 8.71. The molecule has 0 amide bonds. The van der Waals surface area contributed by atoms with Crippen LogP contribution in [0.15, 0.2) is 35.5 Å². The Morgan fingerprint density at radius 1 is 1.12 bits per heavy atom. The van der Waals surface area contributed by atoms with Crippen molar-refractivity contribution in [1.82, 2.24) is 0 Å². The largest absolute Gasteiger partial charge is 0.497 e. The average molecular weight is 231 g/mol. The summed E-state index contributed by atoms with van der Waals surface area (Å²) in [6, 6.07) is 9.50. The Labute approximate surface area is 99.1 Å². The summed E-state index contributed by atoms with van der Waals surface area (Å²) in [6.07, 6.45) is 1.36. The molecule has 0 aliphatic rings. The van der Waals surface area contributed by atoms with E-state index < -0.39 is 0 Å². The molecule has 0 aromatic heterocycles. The Kier molecular flexibility index (Phi) is 3.14. The van der Waals surface area contributed by atoms with Crippen molar-refractivity contribution in [2.75, 3.05) is 14.2 Å². The highest BCUT2D eigenvalue weighted by Crippen LogP contribution is 2.29. The van der Waals surface area contributed by atoms with Gasteiger partial charge in [-0.05, 0) is 29.0 Å². The number of oxime groups is 1. The summed E-state index contributed by atoms with van der Waals surface area (Å²) in [5.41, 5.74) is 0.728. The molecule has 0 fully saturated rings. The van der Waals surface area contributed by atoms with E-state index in [9.17, 15) is 0 Å². The highest BCUT2D eigenvalue weighted by Gasteiger charge is 2.07. The maximum atomic E-state index is 8.71. The zero-order valence-corrected chi connectivity index (χ0v) is 9.68. The second kappa shape index (κ2) is 4.74. The van der Waals surface area contributed by atoms with Crippen LogP contribution in [-0.4, -0.2) is 25.6 Å². The Bertz CT molecular complexity index is 559. The molecule has 1 N–H and O–H groups in total. The van der Waals surface area contributed by atoms with Gasteiger partial charge >= 0.3 is 0 Å². The predicted molar refractivity (Wildman–Crippen MR) is 66.4 cm³/mol. The van der Waals surface area contributed by atoms with Gasteiger partial charge in [-0.1, -0.05) is 17.3 Å². The fourth-order valence-corrected chi connectivity index (χ4v) is 1.80. The molecule has 0 saturated carbocycles. The molecule has 0 unspecified atom stereocenters. The van der Waals surface area contributed by atoms with Crippen molar-refractivity contribution in [2.45, 2.75) is 0 Å². The van der Waals surface area contributed by atoms with Crippen molar-refractivity contribution in [1.29, 1.82) is 0 Å². The number of ether oxygens (including phenoxy) is 2. The summed E-state index contributed by atoms with van der Waals surface area (Å²) in [7, 11) is 3.19. The number of rotatable bonds is 3. The Morgan fingerprint density at radius 2 is 1.88 bits per heavy atom. The quantitative estimate of drug-likeness (QED) is 0.502. The molecular formula is C13H13NO3. The fourth-order valence-electron chi connectivity index (χ4n) is 1.80. The normalized spacial score (nSPS) is 10.9. The smallest absolute Gasteiger partial charge is 0.128 e. The molecule has 0 radical (unpaired) electrons. The van der Waals surface area contributed by atoms with Gasteiger partial charge in [0.25, 0.3) is 0 Å². The van der Waals surface area contributed by atoms with Gasteiger partial charge in [-0.25, -0.2) is 0 Å². The predicted octanol–water partition coefficient (Wildman–Crippen LogP) is 2.67. The fraction of sp³-hybridized carbons (Fsp3) is 0.154. The van der Waals surface area contributed by atoms with Crippen LogP contribution in [0.5, 0.6) is 11.5 Å². The number of fused-ring (bicyclic) bond motifs is 1. The van der Waals surface area contributed by atoms with Gasteiger partial charge in [0, 0.05) is 5.56 Å². The molecular weight excluding hydrogens is 218 g/mol. The van der Waals surface area contributed by atoms with Crippen molar-refractivity contribution in [3.63, 3.8) is 0 Å². The number of hydrogen-bond acceptors (Lipinski definition) is 4. The molecule has 88 valence electrons. The molecule has 2 rings (SSSR count). The molecule has 4 nitrogen and oxygen atoms in total. The first-order valence-corrected chi connectivity index (χ1v) is 5.12. The first-order chi connectivity index (χ1) is 8.30. The van der Waals surface area contributed by atoms with Gasteiger partial charge in [-0.2, -0.15) is 0 Å². The van der Waals surface area contributed by atoms with E-state index in [4.69, 9.17) is 14.7 Å². The summed E-state index contributed by atoms with van der Waals surface area (Å²) >= 11 is 0. The van der Waals surface area contributed by atoms with E-state index >= 15 is 0 Å². The lowest BCUT2D eigenvalue weighted by atomic mass is 10.0. The second-order valence-electron chi connectivity index (χ2n) is 3.51. The van der Waals surface area contributed by atoms with Crippen molar-refractivity contribution in [3.8, 4) is 11.5 Å². The number of hydrogen-bond donors (Lipinski definition) is 1. The SMILES string of the molecule is COc1ccc2ccc(OC)c(/C=N/O)c2c1. The van der Waals surface area contributed by atoms with Crippen molar-refractivity contribution in [2.24, 2.45) is 5.16 Å². The third-order valence-electron chi connectivity index (χ3n) is 2.64. The molecule has 17 heavy (non-hydrogen) atoms. The monoisotopic (exact) mass is 231 g/mol. The molecule has 0 heterocycles. The Morgan fingerprint density at radius 3 is 2.53 bits per heavy atom. The number of nitrogens with zero attached hydrogens (tertiary/aromatic N) is 1. The van der Waals surface area contributed by atoms with Crippen LogP contribution in [-0.2, 0) is 0 Å². The summed E-state index contributed by atoms with van der Waals surface area (Å²) < 4.78 is 10.4. The van der Waals surface area contributed by atoms with E-state index in [1.54, 1.807) is 14.2 Å². The summed E-state index contributed by atoms with van der Waals surface area (Å²) in [5.74, 6) is 1.40. The average Bonchev–Trinajstić information content (AvgIpc) is 2.39. The lowest BCUT2D eigenvalue weighted by Crippen LogP contribution is -1.93. The third kappa shape index (κ3) is 2.01. The van der Waals surface area contributed by atoms with Crippen LogP contribution in [0.1, 0.15) is 5.56 Å². The van der Waals surface area contributed by atoms with E-state index in [1.165, 1.54) is 6.21 Å². The summed E-state index contributed by atoms with van der Waals surface area (Å²) in [5, 5.41) is 13.7. The van der Waals surface area contributed by atoms with Crippen LogP contribution in [0.25, 0.3) is 10.8 Å². The van der Waals surface area contributed by atoms with Crippen LogP contribution in [0.3, 0.4) is 0 Å². The van der Waals surface area contributed by atoms with Gasteiger partial charge in [-0.15, -0.1) is 0 Å². The van der Waals surface area contributed by atoms with Crippen molar-refractivity contribution < 1.29 is 14.7 Å². The zero-order valence-electron chi connectivity index (χ0n) is 9.68. The standard InChI is InChI=1S/C13H13NO3/c1-16-10-5-3-9-4-6-13(17-2)12(8-14-15)11(9)7-10/h3-8,15H,1-2H3/b14-8+. The van der Waals surface area contributed by atoms with Gasteiger partial charge in [0.2, 0.25) is 0 Å². The lowest BCUT2D eigenvalue weighted by molar-refractivity contribution is 0.321. The minimum atomic E-state index is 0.656. The molecule has 0 aliphatic heterocycles. The van der Waals surface area contributed by atoms with E-state index in [0.717, 1.165) is 22.1 Å². The van der Waals surface area contributed by atoms with Crippen LogP contribution in [0, 0.1) is 0 Å². The lowest BCUT2D eigenvalue weighted by Gasteiger charge is -2.09. The first-order valence-electron chi connectivity index (χ1n) is 5.12. The van der Waals surface area contributed by atoms with Crippen molar-refractivity contribution in [3.05, 3.63) is 35.9 Å². The highest BCUT2D eigenvalue weighted by molar-refractivity contribution is 6.02. The van der Waals surface area contributed by atoms with E-state index in [2.05, 4.69) is 5.16 Å². The van der Waals surface area contributed by atoms with E-state index in [0.29, 0.717) is 5.75 Å². The molecule has 0 aliphatic carbocycles. The number of benzene rings is 2.